The number of hydrogen-bond donors (Lipinski definition) is 6. The summed E-state index contributed by atoms with van der Waals surface area (Å²) in [5, 5.41) is 56.1. The van der Waals surface area contributed by atoms with Crippen LogP contribution in [-0.2, 0) is 28.5 Å². The number of esters is 2. The fourth-order valence-electron chi connectivity index (χ4n) is 11.9. The molecule has 3 aromatic carbocycles. The van der Waals surface area contributed by atoms with E-state index in [4.69, 9.17) is 18.9 Å². The average Bonchev–Trinajstić information content (AvgIpc) is 3.55. The molecular weight excluding hydrogens is 969 g/mol. The van der Waals surface area contributed by atoms with Crippen molar-refractivity contribution < 1.29 is 63.3 Å². The zero-order valence-electron chi connectivity index (χ0n) is 44.7. The van der Waals surface area contributed by atoms with Crippen LogP contribution in [0.5, 0.6) is 0 Å². The van der Waals surface area contributed by atoms with Crippen molar-refractivity contribution in [3.63, 3.8) is 0 Å². The molecular formula is C61H78N2O13. The lowest BCUT2D eigenvalue weighted by molar-refractivity contribution is -0.343. The Morgan fingerprint density at radius 1 is 0.776 bits per heavy atom. The van der Waals surface area contributed by atoms with Crippen molar-refractivity contribution in [2.24, 2.45) is 16.7 Å². The third-order valence-corrected chi connectivity index (χ3v) is 16.5. The smallest absolute Gasteiger partial charge is 0.408 e. The average molecular weight is 1050 g/mol. The van der Waals surface area contributed by atoms with Gasteiger partial charge in [0.15, 0.2) is 5.78 Å². The molecule has 7 rings (SSSR count). The Bertz CT molecular complexity index is 2570. The standard InChI is InChI=1S/C61H78N2O13/c1-6-7-8-9-10-11-12-13-14-15-16-17-18-19-29-36-62-57(70)75-50(48(41-30-23-20-24-31-41)63-54(67)42-32-25-21-26-33-42)56(69)74-44-38-61(72)53(76-55(68)43-34-27-22-28-35-43)51-59(5,45(64)37-46-60(51,71)39-73-46)52(66)49(65)47(40(44)2)58(61,3)4/h10-11,13-14,20-28,30-35,44-46,48-51,53,64-65,71-72H,6-9,12,15-19,29,36-39H2,1-5H3,(H,62,70)(H,63,67)/b11-10-,14-13-/t44-,45-,46+,48-,49+,50+,51-,53-,59+,60-,61+/m0/s1. The fourth-order valence-corrected chi connectivity index (χ4v) is 11.9. The monoisotopic (exact) mass is 1050 g/mol. The summed E-state index contributed by atoms with van der Waals surface area (Å²) < 4.78 is 24.4. The highest BCUT2D eigenvalue weighted by Gasteiger charge is 2.76. The number of aliphatic hydroxyl groups is 4. The second kappa shape index (κ2) is 25.5. The van der Waals surface area contributed by atoms with Gasteiger partial charge in [-0.15, -0.1) is 0 Å². The van der Waals surface area contributed by atoms with Gasteiger partial charge in [-0.2, -0.15) is 0 Å². The number of unbranched alkanes of at least 4 members (excludes halogenated alkanes) is 8. The summed E-state index contributed by atoms with van der Waals surface area (Å²) in [5.41, 5.74) is -7.12. The normalized spacial score (nSPS) is 28.5. The number of carbonyl (C=O) groups is 5. The topological polar surface area (TPSA) is 227 Å². The minimum absolute atomic E-state index is 0.0553. The first-order valence-corrected chi connectivity index (χ1v) is 27.2. The van der Waals surface area contributed by atoms with E-state index in [0.717, 1.165) is 44.9 Å². The van der Waals surface area contributed by atoms with Crippen molar-refractivity contribution in [3.8, 4) is 0 Å². The Balaban J connectivity index is 1.16. The number of allylic oxidation sites excluding steroid dienone is 4. The van der Waals surface area contributed by atoms with Gasteiger partial charge in [0.1, 0.15) is 35.6 Å². The molecule has 410 valence electrons. The van der Waals surface area contributed by atoms with E-state index < -0.39 is 107 Å². The van der Waals surface area contributed by atoms with Crippen molar-refractivity contribution in [3.05, 3.63) is 143 Å². The second-order valence-electron chi connectivity index (χ2n) is 21.7. The lowest BCUT2D eigenvalue weighted by Gasteiger charge is -2.66. The zero-order chi connectivity index (χ0) is 54.7. The van der Waals surface area contributed by atoms with Gasteiger partial charge >= 0.3 is 18.0 Å². The van der Waals surface area contributed by atoms with Crippen molar-refractivity contribution in [2.45, 2.75) is 172 Å². The number of hydrogen-bond acceptors (Lipinski definition) is 13. The van der Waals surface area contributed by atoms with E-state index in [0.29, 0.717) is 12.0 Å². The Kier molecular flexibility index (Phi) is 19.3. The van der Waals surface area contributed by atoms with E-state index in [-0.39, 0.29) is 41.8 Å². The maximum absolute atomic E-state index is 15.2. The van der Waals surface area contributed by atoms with Crippen molar-refractivity contribution >= 4 is 29.7 Å². The summed E-state index contributed by atoms with van der Waals surface area (Å²) in [6, 6.07) is 23.3. The molecule has 1 heterocycles. The van der Waals surface area contributed by atoms with E-state index in [1.165, 1.54) is 45.2 Å². The number of fused-ring (bicyclic) bond motifs is 5. The van der Waals surface area contributed by atoms with Gasteiger partial charge in [0, 0.05) is 36.3 Å². The van der Waals surface area contributed by atoms with Gasteiger partial charge in [0.05, 0.1) is 29.8 Å². The number of aliphatic hydroxyl groups excluding tert-OH is 2. The molecule has 15 nitrogen and oxygen atoms in total. The predicted molar refractivity (Wildman–Crippen MR) is 286 cm³/mol. The van der Waals surface area contributed by atoms with E-state index in [1.54, 1.807) is 92.7 Å². The lowest BCUT2D eigenvalue weighted by atomic mass is 9.44. The molecule has 4 aliphatic rings. The van der Waals surface area contributed by atoms with Crippen LogP contribution < -0.4 is 10.6 Å². The van der Waals surface area contributed by atoms with Crippen LogP contribution in [0.1, 0.15) is 150 Å². The Morgan fingerprint density at radius 3 is 1.99 bits per heavy atom. The van der Waals surface area contributed by atoms with Crippen LogP contribution in [0.2, 0.25) is 0 Å². The van der Waals surface area contributed by atoms with Crippen molar-refractivity contribution in [2.75, 3.05) is 13.2 Å². The first kappa shape index (κ1) is 57.7. The second-order valence-corrected chi connectivity index (χ2v) is 21.7. The molecule has 0 unspecified atom stereocenters. The number of carbonyl (C=O) groups excluding carboxylic acids is 5. The molecule has 3 aliphatic carbocycles. The van der Waals surface area contributed by atoms with Gasteiger partial charge in [0.25, 0.3) is 5.91 Å². The van der Waals surface area contributed by atoms with Gasteiger partial charge in [-0.3, -0.25) is 9.59 Å². The third-order valence-electron chi connectivity index (χ3n) is 16.5. The maximum atomic E-state index is 15.2. The number of amides is 2. The van der Waals surface area contributed by atoms with Gasteiger partial charge in [-0.05, 0) is 93.3 Å². The van der Waals surface area contributed by atoms with E-state index in [1.807, 2.05) is 0 Å². The molecule has 6 N–H and O–H groups in total. The molecule has 11 atom stereocenters. The number of ketones is 1. The SMILES string of the molecule is CCCCC/C=C\C/C=C\CCCCCCCNC(=O)O[C@@H](C(=O)O[C@H]1C[C@@]2(O)[C@@H](OC(=O)c3ccccc3)[C@@H]3[C@]4(O)CO[C@@H]4C[C@H](O)[C@@]3(C)C(=O)[C@H](O)C(=C1C)C2(C)C)[C@@H](NC(=O)c1ccccc1)c1ccccc1. The van der Waals surface area contributed by atoms with Gasteiger partial charge in [-0.1, -0.05) is 144 Å². The third kappa shape index (κ3) is 12.2. The molecule has 0 spiro atoms. The zero-order valence-corrected chi connectivity index (χ0v) is 44.7. The van der Waals surface area contributed by atoms with Crippen LogP contribution in [0, 0.1) is 16.7 Å². The summed E-state index contributed by atoms with van der Waals surface area (Å²) in [6.45, 7) is 8.17. The van der Waals surface area contributed by atoms with Crippen LogP contribution in [0.4, 0.5) is 4.79 Å². The largest absolute Gasteiger partial charge is 0.455 e. The quantitative estimate of drug-likeness (QED) is 0.0226. The van der Waals surface area contributed by atoms with Gasteiger partial charge in [0.2, 0.25) is 6.10 Å². The Hall–Kier alpha value is -5.97. The van der Waals surface area contributed by atoms with Crippen LogP contribution in [0.3, 0.4) is 0 Å². The molecule has 2 amide bonds. The summed E-state index contributed by atoms with van der Waals surface area (Å²) in [4.78, 5) is 72.3. The van der Waals surface area contributed by atoms with Gasteiger partial charge < -0.3 is 50.0 Å². The minimum atomic E-state index is -2.37. The van der Waals surface area contributed by atoms with Crippen LogP contribution in [0.15, 0.2) is 126 Å². The van der Waals surface area contributed by atoms with E-state index >= 15 is 9.59 Å². The first-order chi connectivity index (χ1) is 36.4. The summed E-state index contributed by atoms with van der Waals surface area (Å²) in [6.07, 6.45) is 8.75. The highest BCUT2D eigenvalue weighted by Crippen LogP contribution is 2.63. The minimum Gasteiger partial charge on any atom is -0.455 e. The van der Waals surface area contributed by atoms with Crippen LogP contribution in [-0.4, -0.2) is 111 Å². The van der Waals surface area contributed by atoms with Crippen molar-refractivity contribution in [1.29, 1.82) is 0 Å². The summed E-state index contributed by atoms with van der Waals surface area (Å²) in [5.74, 6) is -5.12. The Labute approximate surface area is 447 Å². The molecule has 15 heteroatoms. The number of benzene rings is 3. The molecule has 1 saturated heterocycles. The van der Waals surface area contributed by atoms with Crippen molar-refractivity contribution in [1.82, 2.24) is 10.6 Å². The molecule has 3 fully saturated rings. The first-order valence-electron chi connectivity index (χ1n) is 27.2. The number of Topliss-reactive ketones (excluding diaryl/α,β-unsaturated/α-hetero) is 1. The van der Waals surface area contributed by atoms with Gasteiger partial charge in [-0.25, -0.2) is 14.4 Å². The molecule has 0 aromatic heterocycles. The molecule has 3 aromatic rings. The molecule has 1 aliphatic heterocycles. The fraction of sp³-hybridized carbons (Fsp3) is 0.525. The molecule has 76 heavy (non-hydrogen) atoms. The Morgan fingerprint density at radius 2 is 1.37 bits per heavy atom. The van der Waals surface area contributed by atoms with E-state index in [2.05, 4.69) is 41.9 Å². The summed E-state index contributed by atoms with van der Waals surface area (Å²) >= 11 is 0. The maximum Gasteiger partial charge on any atom is 0.408 e. The highest BCUT2D eigenvalue weighted by atomic mass is 16.6. The van der Waals surface area contributed by atoms with E-state index in [9.17, 15) is 34.8 Å². The number of ether oxygens (including phenoxy) is 4. The highest BCUT2D eigenvalue weighted by molar-refractivity contribution is 5.95. The lowest BCUT2D eigenvalue weighted by Crippen LogP contribution is -2.81. The number of nitrogens with one attached hydrogen (secondary N) is 2. The van der Waals surface area contributed by atoms with Crippen LogP contribution in [0.25, 0.3) is 0 Å². The molecule has 2 saturated carbocycles. The molecule has 2 bridgehead atoms. The molecule has 0 radical (unpaired) electrons. The number of alkyl carbamates (subject to hydrolysis) is 1. The summed E-state index contributed by atoms with van der Waals surface area (Å²) in [7, 11) is 0. The predicted octanol–water partition coefficient (Wildman–Crippen LogP) is 8.75. The number of rotatable bonds is 23. The van der Waals surface area contributed by atoms with Crippen LogP contribution >= 0.6 is 0 Å².